The van der Waals surface area contributed by atoms with Crippen LogP contribution in [0.3, 0.4) is 0 Å². The molecule has 0 aromatic heterocycles. The topological polar surface area (TPSA) is 45.2 Å². The SMILES string of the molecule is COc1cc(C2(O)CC3N(Cc4ccc(OCCCN(C)C)c(C)c4C)C4CCC43C2)ccc1Cl. The predicted molar refractivity (Wildman–Crippen MR) is 141 cm³/mol. The van der Waals surface area contributed by atoms with Gasteiger partial charge in [0, 0.05) is 30.6 Å². The summed E-state index contributed by atoms with van der Waals surface area (Å²) in [5, 5.41) is 12.4. The first-order valence-electron chi connectivity index (χ1n) is 12.9. The highest BCUT2D eigenvalue weighted by Gasteiger charge is 2.72. The first-order chi connectivity index (χ1) is 16.7. The minimum atomic E-state index is -0.828. The molecular formula is C29H39ClN2O3. The fourth-order valence-electron chi connectivity index (χ4n) is 6.90. The Bertz CT molecular complexity index is 1110. The zero-order valence-electron chi connectivity index (χ0n) is 21.7. The van der Waals surface area contributed by atoms with Crippen LogP contribution in [0.1, 0.15) is 54.4 Å². The predicted octanol–water partition coefficient (Wildman–Crippen LogP) is 5.31. The fraction of sp³-hybridized carbons (Fsp3) is 0.586. The molecule has 1 saturated heterocycles. The summed E-state index contributed by atoms with van der Waals surface area (Å²) in [5.41, 5.74) is 4.28. The molecule has 1 spiro atoms. The molecule has 3 aliphatic rings. The van der Waals surface area contributed by atoms with Gasteiger partial charge in [-0.25, -0.2) is 0 Å². The van der Waals surface area contributed by atoms with Crippen LogP contribution in [0.5, 0.6) is 11.5 Å². The van der Waals surface area contributed by atoms with E-state index in [9.17, 15) is 5.11 Å². The number of methoxy groups -OCH3 is 1. The van der Waals surface area contributed by atoms with Crippen LogP contribution in [0.15, 0.2) is 30.3 Å². The summed E-state index contributed by atoms with van der Waals surface area (Å²) in [5.74, 6) is 1.63. The Labute approximate surface area is 215 Å². The second-order valence-electron chi connectivity index (χ2n) is 11.2. The van der Waals surface area contributed by atoms with Gasteiger partial charge in [-0.1, -0.05) is 23.7 Å². The van der Waals surface area contributed by atoms with Crippen molar-refractivity contribution in [2.75, 3.05) is 34.4 Å². The van der Waals surface area contributed by atoms with Gasteiger partial charge in [-0.2, -0.15) is 0 Å². The molecule has 2 saturated carbocycles. The van der Waals surface area contributed by atoms with Crippen molar-refractivity contribution >= 4 is 11.6 Å². The van der Waals surface area contributed by atoms with Crippen molar-refractivity contribution in [3.63, 3.8) is 0 Å². The Morgan fingerprint density at radius 1 is 1.11 bits per heavy atom. The number of hydrogen-bond acceptors (Lipinski definition) is 5. The number of hydrogen-bond donors (Lipinski definition) is 1. The maximum absolute atomic E-state index is 11.8. The molecule has 0 bridgehead atoms. The van der Waals surface area contributed by atoms with Gasteiger partial charge in [-0.15, -0.1) is 0 Å². The zero-order valence-corrected chi connectivity index (χ0v) is 22.5. The Hall–Kier alpha value is -1.79. The first-order valence-corrected chi connectivity index (χ1v) is 13.2. The van der Waals surface area contributed by atoms with E-state index in [2.05, 4.69) is 49.9 Å². The minimum absolute atomic E-state index is 0.250. The van der Waals surface area contributed by atoms with Crippen LogP contribution in [0, 0.1) is 19.3 Å². The van der Waals surface area contributed by atoms with Gasteiger partial charge < -0.3 is 19.5 Å². The minimum Gasteiger partial charge on any atom is -0.495 e. The zero-order chi connectivity index (χ0) is 25.0. The van der Waals surface area contributed by atoms with E-state index in [1.807, 2.05) is 18.2 Å². The van der Waals surface area contributed by atoms with E-state index in [1.165, 1.54) is 29.5 Å². The lowest BCUT2D eigenvalue weighted by Crippen LogP contribution is -2.74. The first kappa shape index (κ1) is 24.9. The van der Waals surface area contributed by atoms with Gasteiger partial charge in [0.25, 0.3) is 0 Å². The standard InChI is InChI=1S/C29H39ClN2O3/c1-19-20(2)24(35-14-6-13-31(3)4)10-7-21(19)17-32-26-11-12-28(26)18-29(33,16-27(28)32)22-8-9-23(30)25(15-22)34-5/h7-10,15,26-27,33H,6,11-14,16-18H2,1-5H3. The summed E-state index contributed by atoms with van der Waals surface area (Å²) >= 11 is 6.25. The lowest BCUT2D eigenvalue weighted by Gasteiger charge is -2.68. The molecule has 35 heavy (non-hydrogen) atoms. The molecule has 190 valence electrons. The third kappa shape index (κ3) is 4.15. The second-order valence-corrected chi connectivity index (χ2v) is 11.6. The third-order valence-electron chi connectivity index (χ3n) is 9.06. The lowest BCUT2D eigenvalue weighted by atomic mass is 9.53. The van der Waals surface area contributed by atoms with Gasteiger partial charge in [0.15, 0.2) is 0 Å². The number of ether oxygens (including phenoxy) is 2. The molecule has 5 nitrogen and oxygen atoms in total. The molecule has 1 aliphatic heterocycles. The highest BCUT2D eigenvalue weighted by Crippen LogP contribution is 2.69. The Morgan fingerprint density at radius 3 is 2.60 bits per heavy atom. The highest BCUT2D eigenvalue weighted by molar-refractivity contribution is 6.32. The molecule has 2 aliphatic carbocycles. The summed E-state index contributed by atoms with van der Waals surface area (Å²) in [4.78, 5) is 4.83. The van der Waals surface area contributed by atoms with Gasteiger partial charge in [-0.3, -0.25) is 4.90 Å². The van der Waals surface area contributed by atoms with E-state index >= 15 is 0 Å². The molecule has 0 radical (unpaired) electrons. The maximum atomic E-state index is 11.8. The molecule has 2 aromatic rings. The number of benzene rings is 2. The van der Waals surface area contributed by atoms with Gasteiger partial charge >= 0.3 is 0 Å². The van der Waals surface area contributed by atoms with E-state index in [0.717, 1.165) is 50.3 Å². The summed E-state index contributed by atoms with van der Waals surface area (Å²) in [6.45, 7) is 7.10. The third-order valence-corrected chi connectivity index (χ3v) is 9.37. The van der Waals surface area contributed by atoms with E-state index in [4.69, 9.17) is 21.1 Å². The van der Waals surface area contributed by atoms with Crippen LogP contribution in [0.2, 0.25) is 5.02 Å². The molecule has 6 heteroatoms. The van der Waals surface area contributed by atoms with Crippen molar-refractivity contribution in [1.82, 2.24) is 9.80 Å². The second kappa shape index (κ2) is 9.26. The maximum Gasteiger partial charge on any atom is 0.137 e. The van der Waals surface area contributed by atoms with Crippen molar-refractivity contribution < 1.29 is 14.6 Å². The summed E-state index contributed by atoms with van der Waals surface area (Å²) < 4.78 is 11.5. The molecule has 4 atom stereocenters. The number of nitrogens with zero attached hydrogens (tertiary/aromatic N) is 2. The smallest absolute Gasteiger partial charge is 0.137 e. The van der Waals surface area contributed by atoms with Crippen molar-refractivity contribution in [2.24, 2.45) is 5.41 Å². The molecule has 2 aromatic carbocycles. The normalized spacial score (nSPS) is 29.4. The van der Waals surface area contributed by atoms with Crippen LogP contribution in [0.4, 0.5) is 0 Å². The monoisotopic (exact) mass is 498 g/mol. The summed E-state index contributed by atoms with van der Waals surface area (Å²) in [6, 6.07) is 11.1. The molecule has 4 unspecified atom stereocenters. The van der Waals surface area contributed by atoms with E-state index in [0.29, 0.717) is 22.9 Å². The van der Waals surface area contributed by atoms with Crippen LogP contribution < -0.4 is 9.47 Å². The Kier molecular flexibility index (Phi) is 6.58. The van der Waals surface area contributed by atoms with Crippen molar-refractivity contribution in [1.29, 1.82) is 0 Å². The summed E-state index contributed by atoms with van der Waals surface area (Å²) in [6.07, 6.45) is 5.05. The van der Waals surface area contributed by atoms with Gasteiger partial charge in [0.1, 0.15) is 11.5 Å². The number of halogens is 1. The van der Waals surface area contributed by atoms with Crippen LogP contribution in [0.25, 0.3) is 0 Å². The van der Waals surface area contributed by atoms with E-state index in [1.54, 1.807) is 7.11 Å². The Morgan fingerprint density at radius 2 is 1.91 bits per heavy atom. The number of rotatable bonds is 9. The molecule has 1 heterocycles. The summed E-state index contributed by atoms with van der Waals surface area (Å²) in [7, 11) is 5.81. The average molecular weight is 499 g/mol. The van der Waals surface area contributed by atoms with Crippen LogP contribution in [-0.4, -0.2) is 61.3 Å². The average Bonchev–Trinajstić information content (AvgIpc) is 3.14. The molecule has 0 amide bonds. The van der Waals surface area contributed by atoms with Crippen molar-refractivity contribution in [2.45, 2.75) is 70.2 Å². The fourth-order valence-corrected chi connectivity index (χ4v) is 7.10. The lowest BCUT2D eigenvalue weighted by molar-refractivity contribution is -0.194. The van der Waals surface area contributed by atoms with E-state index in [-0.39, 0.29) is 5.41 Å². The number of aliphatic hydroxyl groups is 1. The van der Waals surface area contributed by atoms with Crippen molar-refractivity contribution in [3.8, 4) is 11.5 Å². The van der Waals surface area contributed by atoms with Gasteiger partial charge in [0.05, 0.1) is 24.3 Å². The van der Waals surface area contributed by atoms with Crippen LogP contribution >= 0.6 is 11.6 Å². The molecular weight excluding hydrogens is 460 g/mol. The van der Waals surface area contributed by atoms with Crippen molar-refractivity contribution in [3.05, 3.63) is 57.6 Å². The Balaban J connectivity index is 1.30. The largest absolute Gasteiger partial charge is 0.495 e. The molecule has 3 fully saturated rings. The van der Waals surface area contributed by atoms with Gasteiger partial charge in [-0.05, 0) is 100 Å². The number of likely N-dealkylation sites (tertiary alicyclic amines) is 1. The molecule has 1 N–H and O–H groups in total. The van der Waals surface area contributed by atoms with Gasteiger partial charge in [0.2, 0.25) is 0 Å². The molecule has 5 rings (SSSR count). The number of piperidine rings is 1. The highest BCUT2D eigenvalue weighted by atomic mass is 35.5. The van der Waals surface area contributed by atoms with E-state index < -0.39 is 5.60 Å². The quantitative estimate of drug-likeness (QED) is 0.475. The van der Waals surface area contributed by atoms with Crippen LogP contribution in [-0.2, 0) is 12.1 Å².